The van der Waals surface area contributed by atoms with Crippen LogP contribution in [-0.2, 0) is 15.9 Å². The van der Waals surface area contributed by atoms with Gasteiger partial charge >= 0.3 is 6.16 Å². The molecule has 0 amide bonds. The van der Waals surface area contributed by atoms with Gasteiger partial charge in [-0.15, -0.1) is 0 Å². The number of carbonyl (C=O) groups is 1. The lowest BCUT2D eigenvalue weighted by molar-refractivity contribution is 0.0147. The van der Waals surface area contributed by atoms with Crippen LogP contribution in [0.3, 0.4) is 0 Å². The Kier molecular flexibility index (Phi) is 5.58. The number of rotatable bonds is 4. The number of allylic oxidation sites excluding steroid dienone is 1. The molecule has 0 aliphatic heterocycles. The Morgan fingerprint density at radius 1 is 0.957 bits per heavy atom. The van der Waals surface area contributed by atoms with Gasteiger partial charge in [-0.25, -0.2) is 4.79 Å². The van der Waals surface area contributed by atoms with Gasteiger partial charge in [0.15, 0.2) is 0 Å². The second kappa shape index (κ2) is 7.63. The molecule has 2 aromatic rings. The van der Waals surface area contributed by atoms with Gasteiger partial charge in [0.1, 0.15) is 11.4 Å². The third-order valence-corrected chi connectivity index (χ3v) is 3.01. The molecule has 0 N–H and O–H groups in total. The largest absolute Gasteiger partial charge is 0.514 e. The van der Waals surface area contributed by atoms with Crippen LogP contribution < -0.4 is 0 Å². The average Bonchev–Trinajstić information content (AvgIpc) is 2.51. The summed E-state index contributed by atoms with van der Waals surface area (Å²) in [5.41, 5.74) is 1.40. The molecule has 0 saturated heterocycles. The Hall–Kier alpha value is -2.55. The topological polar surface area (TPSA) is 35.5 Å². The first-order valence-electron chi connectivity index (χ1n) is 7.64. The van der Waals surface area contributed by atoms with Crippen molar-refractivity contribution in [3.05, 3.63) is 77.9 Å². The van der Waals surface area contributed by atoms with Crippen molar-refractivity contribution >= 4 is 11.9 Å². The summed E-state index contributed by atoms with van der Waals surface area (Å²) in [5, 5.41) is 0. The third kappa shape index (κ3) is 5.99. The fourth-order valence-electron chi connectivity index (χ4n) is 2.01. The maximum absolute atomic E-state index is 12.0. The predicted molar refractivity (Wildman–Crippen MR) is 91.9 cm³/mol. The van der Waals surface area contributed by atoms with E-state index in [4.69, 9.17) is 9.47 Å². The van der Waals surface area contributed by atoms with E-state index in [1.165, 1.54) is 0 Å². The molecular weight excluding hydrogens is 288 g/mol. The monoisotopic (exact) mass is 310 g/mol. The van der Waals surface area contributed by atoms with E-state index in [0.717, 1.165) is 11.1 Å². The van der Waals surface area contributed by atoms with Crippen LogP contribution in [0.25, 0.3) is 5.76 Å². The minimum Gasteiger partial charge on any atom is -0.428 e. The van der Waals surface area contributed by atoms with Gasteiger partial charge in [0.2, 0.25) is 0 Å². The lowest BCUT2D eigenvalue weighted by Crippen LogP contribution is -2.24. The first-order chi connectivity index (χ1) is 10.9. The lowest BCUT2D eigenvalue weighted by Gasteiger charge is -2.19. The second-order valence-electron chi connectivity index (χ2n) is 6.19. The summed E-state index contributed by atoms with van der Waals surface area (Å²) in [7, 11) is 0. The number of benzene rings is 2. The Morgan fingerprint density at radius 3 is 2.09 bits per heavy atom. The Morgan fingerprint density at radius 2 is 1.52 bits per heavy atom. The lowest BCUT2D eigenvalue weighted by atomic mass is 10.1. The maximum Gasteiger partial charge on any atom is 0.514 e. The molecule has 0 bridgehead atoms. The zero-order valence-corrected chi connectivity index (χ0v) is 13.8. The first-order valence-corrected chi connectivity index (χ1v) is 7.64. The summed E-state index contributed by atoms with van der Waals surface area (Å²) >= 11 is 0. The van der Waals surface area contributed by atoms with Crippen molar-refractivity contribution in [1.29, 1.82) is 0 Å². The molecule has 0 atom stereocenters. The minimum absolute atomic E-state index is 0.503. The summed E-state index contributed by atoms with van der Waals surface area (Å²) < 4.78 is 10.7. The van der Waals surface area contributed by atoms with Crippen LogP contribution in [0.2, 0.25) is 0 Å². The Labute approximate surface area is 137 Å². The van der Waals surface area contributed by atoms with Crippen molar-refractivity contribution in [2.75, 3.05) is 0 Å². The summed E-state index contributed by atoms with van der Waals surface area (Å²) in [6.07, 6.45) is 1.88. The molecule has 120 valence electrons. The van der Waals surface area contributed by atoms with Gasteiger partial charge in [0, 0.05) is 5.56 Å². The van der Waals surface area contributed by atoms with E-state index in [9.17, 15) is 4.79 Å². The molecule has 0 fully saturated rings. The highest BCUT2D eigenvalue weighted by Gasteiger charge is 2.19. The SMILES string of the molecule is CC(C)(C)OC(=O)O/C(=C/Cc1ccccc1)c1ccccc1. The normalized spacial score (nSPS) is 11.9. The average molecular weight is 310 g/mol. The molecule has 2 rings (SSSR count). The van der Waals surface area contributed by atoms with Crippen LogP contribution in [0.15, 0.2) is 66.7 Å². The molecule has 23 heavy (non-hydrogen) atoms. The van der Waals surface area contributed by atoms with Gasteiger partial charge in [-0.1, -0.05) is 60.7 Å². The number of carbonyl (C=O) groups excluding carboxylic acids is 1. The highest BCUT2D eigenvalue weighted by Crippen LogP contribution is 2.19. The van der Waals surface area contributed by atoms with Crippen molar-refractivity contribution in [1.82, 2.24) is 0 Å². The number of hydrogen-bond donors (Lipinski definition) is 0. The van der Waals surface area contributed by atoms with E-state index in [1.54, 1.807) is 0 Å². The molecule has 0 heterocycles. The van der Waals surface area contributed by atoms with Crippen LogP contribution in [0.1, 0.15) is 31.9 Å². The fourth-order valence-corrected chi connectivity index (χ4v) is 2.01. The second-order valence-corrected chi connectivity index (χ2v) is 6.19. The van der Waals surface area contributed by atoms with Crippen LogP contribution in [0, 0.1) is 0 Å². The van der Waals surface area contributed by atoms with Crippen LogP contribution in [0.4, 0.5) is 4.79 Å². The fraction of sp³-hybridized carbons (Fsp3) is 0.250. The van der Waals surface area contributed by atoms with E-state index in [-0.39, 0.29) is 0 Å². The van der Waals surface area contributed by atoms with Gasteiger partial charge in [-0.05, 0) is 38.8 Å². The van der Waals surface area contributed by atoms with Crippen LogP contribution in [0.5, 0.6) is 0 Å². The summed E-state index contributed by atoms with van der Waals surface area (Å²) in [6, 6.07) is 19.6. The van der Waals surface area contributed by atoms with E-state index >= 15 is 0 Å². The Balaban J connectivity index is 2.17. The summed E-state index contributed by atoms with van der Waals surface area (Å²) in [6.45, 7) is 5.43. The zero-order valence-electron chi connectivity index (χ0n) is 13.8. The molecule has 3 nitrogen and oxygen atoms in total. The zero-order chi connectivity index (χ0) is 16.7. The van der Waals surface area contributed by atoms with Crippen LogP contribution in [-0.4, -0.2) is 11.8 Å². The highest BCUT2D eigenvalue weighted by atomic mass is 16.7. The van der Waals surface area contributed by atoms with E-state index < -0.39 is 11.8 Å². The number of ether oxygens (including phenoxy) is 2. The molecule has 0 radical (unpaired) electrons. The molecule has 0 aliphatic carbocycles. The quantitative estimate of drug-likeness (QED) is 0.573. The van der Waals surface area contributed by atoms with Crippen molar-refractivity contribution in [2.45, 2.75) is 32.8 Å². The third-order valence-electron chi connectivity index (χ3n) is 3.01. The van der Waals surface area contributed by atoms with Crippen molar-refractivity contribution in [3.8, 4) is 0 Å². The van der Waals surface area contributed by atoms with E-state index in [0.29, 0.717) is 12.2 Å². The predicted octanol–water partition coefficient (Wildman–Crippen LogP) is 5.22. The molecule has 2 aromatic carbocycles. The van der Waals surface area contributed by atoms with Crippen molar-refractivity contribution < 1.29 is 14.3 Å². The summed E-state index contributed by atoms with van der Waals surface area (Å²) in [4.78, 5) is 12.0. The van der Waals surface area contributed by atoms with Crippen molar-refractivity contribution in [3.63, 3.8) is 0 Å². The molecule has 0 aromatic heterocycles. The Bertz CT molecular complexity index is 652. The molecule has 3 heteroatoms. The standard InChI is InChI=1S/C20H22O3/c1-20(2,3)23-19(21)22-18(17-12-8-5-9-13-17)15-14-16-10-6-4-7-11-16/h4-13,15H,14H2,1-3H3/b18-15+. The first kappa shape index (κ1) is 16.8. The number of hydrogen-bond acceptors (Lipinski definition) is 3. The van der Waals surface area contributed by atoms with Crippen molar-refractivity contribution in [2.24, 2.45) is 0 Å². The van der Waals surface area contributed by atoms with Gasteiger partial charge < -0.3 is 9.47 Å². The molecular formula is C20H22O3. The van der Waals surface area contributed by atoms with Crippen LogP contribution >= 0.6 is 0 Å². The van der Waals surface area contributed by atoms with Gasteiger partial charge in [-0.3, -0.25) is 0 Å². The van der Waals surface area contributed by atoms with Gasteiger partial charge in [0.05, 0.1) is 0 Å². The molecule has 0 spiro atoms. The minimum atomic E-state index is -0.694. The highest BCUT2D eigenvalue weighted by molar-refractivity contribution is 5.73. The van der Waals surface area contributed by atoms with Gasteiger partial charge in [0.25, 0.3) is 0 Å². The smallest absolute Gasteiger partial charge is 0.428 e. The molecule has 0 unspecified atom stereocenters. The van der Waals surface area contributed by atoms with Gasteiger partial charge in [-0.2, -0.15) is 0 Å². The maximum atomic E-state index is 12.0. The van der Waals surface area contributed by atoms with E-state index in [2.05, 4.69) is 0 Å². The molecule has 0 aliphatic rings. The van der Waals surface area contributed by atoms with E-state index in [1.807, 2.05) is 87.5 Å². The summed E-state index contributed by atoms with van der Waals surface area (Å²) in [5.74, 6) is 0.503. The molecule has 0 saturated carbocycles.